The summed E-state index contributed by atoms with van der Waals surface area (Å²) in [5, 5.41) is 0.713. The normalized spacial score (nSPS) is 10.9. The Morgan fingerprint density at radius 1 is 1.23 bits per heavy atom. The van der Waals surface area contributed by atoms with Crippen LogP contribution in [0.25, 0.3) is 0 Å². The Morgan fingerprint density at radius 3 is 2.50 bits per heavy atom. The third-order valence-corrected chi connectivity index (χ3v) is 4.47. The van der Waals surface area contributed by atoms with Gasteiger partial charge < -0.3 is 4.74 Å². The van der Waals surface area contributed by atoms with Crippen LogP contribution in [0, 0.1) is 6.92 Å². The van der Waals surface area contributed by atoms with E-state index in [1.807, 2.05) is 37.3 Å². The maximum absolute atomic E-state index is 6.10. The molecular weight excluding hydrogens is 429 g/mol. The van der Waals surface area contributed by atoms with E-state index < -0.39 is 0 Å². The monoisotopic (exact) mass is 441 g/mol. The molecule has 0 amide bonds. The summed E-state index contributed by atoms with van der Waals surface area (Å²) >= 11 is 13.1. The molecule has 114 valence electrons. The van der Waals surface area contributed by atoms with Gasteiger partial charge in [0.05, 0.1) is 14.6 Å². The zero-order chi connectivity index (χ0) is 16.1. The lowest BCUT2D eigenvalue weighted by molar-refractivity contribution is 0.358. The Morgan fingerprint density at radius 2 is 1.91 bits per heavy atom. The van der Waals surface area contributed by atoms with Gasteiger partial charge in [0.2, 0.25) is 0 Å². The number of nitrogens with zero attached hydrogens (tertiary/aromatic N) is 1. The molecule has 0 radical (unpaired) electrons. The highest BCUT2D eigenvalue weighted by atomic mass is 79.9. The van der Waals surface area contributed by atoms with E-state index in [-0.39, 0.29) is 0 Å². The number of hydrogen-bond acceptors (Lipinski definition) is 2. The summed E-state index contributed by atoms with van der Waals surface area (Å²) in [6.45, 7) is 6.06. The molecule has 0 aliphatic heterocycles. The van der Waals surface area contributed by atoms with Crippen molar-refractivity contribution in [3.05, 3.63) is 68.1 Å². The maximum Gasteiger partial charge on any atom is 0.148 e. The van der Waals surface area contributed by atoms with Crippen molar-refractivity contribution >= 4 is 55.4 Å². The Bertz CT molecular complexity index is 706. The van der Waals surface area contributed by atoms with Gasteiger partial charge in [0.25, 0.3) is 0 Å². The Labute approximate surface area is 152 Å². The average molecular weight is 444 g/mol. The smallest absolute Gasteiger partial charge is 0.148 e. The highest BCUT2D eigenvalue weighted by molar-refractivity contribution is 9.11. The molecule has 2 nitrogen and oxygen atoms in total. The molecular formula is C17H14Br2ClNO. The van der Waals surface area contributed by atoms with Crippen LogP contribution >= 0.6 is 43.5 Å². The largest absolute Gasteiger partial charge is 0.487 e. The predicted molar refractivity (Wildman–Crippen MR) is 101 cm³/mol. The molecule has 0 N–H and O–H groups in total. The molecule has 0 aliphatic carbocycles. The molecule has 0 saturated carbocycles. The maximum atomic E-state index is 6.10. The number of hydrogen-bond donors (Lipinski definition) is 0. The summed E-state index contributed by atoms with van der Waals surface area (Å²) in [4.78, 5) is 4.44. The van der Waals surface area contributed by atoms with E-state index in [4.69, 9.17) is 16.3 Å². The van der Waals surface area contributed by atoms with Gasteiger partial charge in [-0.2, -0.15) is 0 Å². The molecule has 0 aromatic heterocycles. The Hall–Kier alpha value is -1.10. The molecule has 0 bridgehead atoms. The lowest BCUT2D eigenvalue weighted by Gasteiger charge is -2.09. The van der Waals surface area contributed by atoms with Crippen LogP contribution in [0.2, 0.25) is 5.02 Å². The van der Waals surface area contributed by atoms with Crippen molar-refractivity contribution in [2.75, 3.05) is 6.61 Å². The van der Waals surface area contributed by atoms with Gasteiger partial charge in [0.1, 0.15) is 12.4 Å². The van der Waals surface area contributed by atoms with Crippen LogP contribution in [0.5, 0.6) is 5.75 Å². The summed E-state index contributed by atoms with van der Waals surface area (Å²) in [6, 6.07) is 9.63. The van der Waals surface area contributed by atoms with Gasteiger partial charge in [-0.15, -0.1) is 0 Å². The van der Waals surface area contributed by atoms with E-state index in [2.05, 4.69) is 43.4 Å². The predicted octanol–water partition coefficient (Wildman–Crippen LogP) is 6.49. The SMILES string of the molecule is C=CCOc1c(Br)cc(C=Nc2ccc(C)c(Cl)c2)cc1Br. The van der Waals surface area contributed by atoms with Crippen molar-refractivity contribution in [3.63, 3.8) is 0 Å². The van der Waals surface area contributed by atoms with E-state index in [0.29, 0.717) is 11.6 Å². The molecule has 0 unspecified atom stereocenters. The first kappa shape index (κ1) is 17.3. The van der Waals surface area contributed by atoms with Gasteiger partial charge in [0, 0.05) is 11.2 Å². The standard InChI is InChI=1S/C17H14Br2ClNO/c1-3-6-22-17-14(18)7-12(8-15(17)19)10-21-13-5-4-11(2)16(20)9-13/h3-5,7-10H,1,6H2,2H3. The minimum absolute atomic E-state index is 0.451. The summed E-state index contributed by atoms with van der Waals surface area (Å²) in [5.74, 6) is 0.746. The second-order valence-corrected chi connectivity index (χ2v) is 6.72. The third-order valence-electron chi connectivity index (χ3n) is 2.88. The van der Waals surface area contributed by atoms with Gasteiger partial charge in [-0.3, -0.25) is 4.99 Å². The van der Waals surface area contributed by atoms with Gasteiger partial charge in [0.15, 0.2) is 0 Å². The first-order valence-electron chi connectivity index (χ1n) is 6.54. The first-order valence-corrected chi connectivity index (χ1v) is 8.50. The Balaban J connectivity index is 2.24. The fourth-order valence-corrected chi connectivity index (χ4v) is 3.37. The highest BCUT2D eigenvalue weighted by Crippen LogP contribution is 2.34. The molecule has 0 heterocycles. The Kier molecular flexibility index (Phi) is 6.24. The minimum Gasteiger partial charge on any atom is -0.487 e. The zero-order valence-corrected chi connectivity index (χ0v) is 15.9. The van der Waals surface area contributed by atoms with E-state index >= 15 is 0 Å². The summed E-state index contributed by atoms with van der Waals surface area (Å²) in [7, 11) is 0. The fraction of sp³-hybridized carbons (Fsp3) is 0.118. The van der Waals surface area contributed by atoms with Crippen LogP contribution < -0.4 is 4.74 Å². The highest BCUT2D eigenvalue weighted by Gasteiger charge is 2.07. The number of benzene rings is 2. The van der Waals surface area contributed by atoms with Crippen LogP contribution in [0.4, 0.5) is 5.69 Å². The van der Waals surface area contributed by atoms with Crippen LogP contribution in [0.15, 0.2) is 56.9 Å². The molecule has 0 aliphatic rings. The molecule has 0 atom stereocenters. The van der Waals surface area contributed by atoms with Crippen molar-refractivity contribution < 1.29 is 4.74 Å². The molecule has 2 rings (SSSR count). The first-order chi connectivity index (χ1) is 10.5. The van der Waals surface area contributed by atoms with E-state index in [1.54, 1.807) is 12.3 Å². The van der Waals surface area contributed by atoms with Crippen LogP contribution in [-0.4, -0.2) is 12.8 Å². The molecule has 2 aromatic carbocycles. The van der Waals surface area contributed by atoms with Crippen molar-refractivity contribution in [1.82, 2.24) is 0 Å². The summed E-state index contributed by atoms with van der Waals surface area (Å²) < 4.78 is 7.30. The summed E-state index contributed by atoms with van der Waals surface area (Å²) in [6.07, 6.45) is 3.49. The van der Waals surface area contributed by atoms with Crippen molar-refractivity contribution in [1.29, 1.82) is 0 Å². The zero-order valence-electron chi connectivity index (χ0n) is 11.9. The second kappa shape index (κ2) is 7.95. The van der Waals surface area contributed by atoms with Crippen LogP contribution in [0.3, 0.4) is 0 Å². The average Bonchev–Trinajstić information content (AvgIpc) is 2.48. The number of rotatable bonds is 5. The lowest BCUT2D eigenvalue weighted by Crippen LogP contribution is -1.96. The van der Waals surface area contributed by atoms with E-state index in [0.717, 1.165) is 31.5 Å². The minimum atomic E-state index is 0.451. The van der Waals surface area contributed by atoms with Gasteiger partial charge in [-0.25, -0.2) is 0 Å². The second-order valence-electron chi connectivity index (χ2n) is 4.61. The lowest BCUT2D eigenvalue weighted by atomic mass is 10.2. The van der Waals surface area contributed by atoms with Crippen LogP contribution in [0.1, 0.15) is 11.1 Å². The topological polar surface area (TPSA) is 21.6 Å². The molecule has 0 saturated heterocycles. The van der Waals surface area contributed by atoms with Gasteiger partial charge >= 0.3 is 0 Å². The van der Waals surface area contributed by atoms with Crippen molar-refractivity contribution in [3.8, 4) is 5.75 Å². The number of ether oxygens (including phenoxy) is 1. The van der Waals surface area contributed by atoms with E-state index in [1.165, 1.54) is 0 Å². The third kappa shape index (κ3) is 4.45. The fourth-order valence-electron chi connectivity index (χ4n) is 1.75. The number of aliphatic imine (C=N–C) groups is 1. The van der Waals surface area contributed by atoms with Gasteiger partial charge in [-0.1, -0.05) is 30.3 Å². The number of halogens is 3. The van der Waals surface area contributed by atoms with Crippen molar-refractivity contribution in [2.45, 2.75) is 6.92 Å². The van der Waals surface area contributed by atoms with Crippen molar-refractivity contribution in [2.24, 2.45) is 4.99 Å². The van der Waals surface area contributed by atoms with E-state index in [9.17, 15) is 0 Å². The number of aryl methyl sites for hydroxylation is 1. The molecule has 5 heteroatoms. The van der Waals surface area contributed by atoms with Crippen LogP contribution in [-0.2, 0) is 0 Å². The quantitative estimate of drug-likeness (QED) is 0.382. The van der Waals surface area contributed by atoms with Gasteiger partial charge in [-0.05, 0) is 74.2 Å². The molecule has 2 aromatic rings. The molecule has 0 fully saturated rings. The molecule has 22 heavy (non-hydrogen) atoms. The molecule has 0 spiro atoms. The summed E-state index contributed by atoms with van der Waals surface area (Å²) in [5.41, 5.74) is 2.80.